The van der Waals surface area contributed by atoms with Gasteiger partial charge in [-0.1, -0.05) is 18.2 Å². The molecule has 3 heterocycles. The number of rotatable bonds is 3. The minimum atomic E-state index is -2.78. The smallest absolute Gasteiger partial charge is 0.151 e. The molecule has 23 heavy (non-hydrogen) atoms. The molecule has 0 radical (unpaired) electrons. The van der Waals surface area contributed by atoms with Crippen molar-refractivity contribution >= 4 is 31.3 Å². The lowest BCUT2D eigenvalue weighted by molar-refractivity contribution is 0.100. The maximum Gasteiger partial charge on any atom is 0.151 e. The lowest BCUT2D eigenvalue weighted by Gasteiger charge is -2.37. The molecule has 0 N–H and O–H groups in total. The molecule has 2 aliphatic heterocycles. The second-order valence-electron chi connectivity index (χ2n) is 6.63. The number of sulfone groups is 1. The van der Waals surface area contributed by atoms with Crippen LogP contribution < -0.4 is 0 Å². The number of piperazine rings is 1. The molecule has 0 amide bonds. The summed E-state index contributed by atoms with van der Waals surface area (Å²) in [6.45, 7) is 5.03. The summed E-state index contributed by atoms with van der Waals surface area (Å²) in [4.78, 5) is 4.88. The second kappa shape index (κ2) is 6.16. The van der Waals surface area contributed by atoms with Crippen molar-refractivity contribution in [1.82, 2.24) is 9.80 Å². The lowest BCUT2D eigenvalue weighted by atomic mass is 10.1. The van der Waals surface area contributed by atoms with Crippen molar-refractivity contribution in [2.75, 3.05) is 37.7 Å². The maximum absolute atomic E-state index is 11.6. The van der Waals surface area contributed by atoms with Crippen LogP contribution in [0, 0.1) is 0 Å². The minimum Gasteiger partial charge on any atom is -0.297 e. The van der Waals surface area contributed by atoms with E-state index in [0.29, 0.717) is 11.5 Å². The fourth-order valence-electron chi connectivity index (χ4n) is 3.75. The van der Waals surface area contributed by atoms with Crippen molar-refractivity contribution in [2.24, 2.45) is 0 Å². The zero-order valence-corrected chi connectivity index (χ0v) is 14.8. The highest BCUT2D eigenvalue weighted by molar-refractivity contribution is 7.91. The predicted molar refractivity (Wildman–Crippen MR) is 95.7 cm³/mol. The van der Waals surface area contributed by atoms with Crippen molar-refractivity contribution in [3.63, 3.8) is 0 Å². The van der Waals surface area contributed by atoms with Crippen LogP contribution >= 0.6 is 11.3 Å². The van der Waals surface area contributed by atoms with Gasteiger partial charge < -0.3 is 0 Å². The van der Waals surface area contributed by atoms with Gasteiger partial charge in [0.15, 0.2) is 9.84 Å². The van der Waals surface area contributed by atoms with Gasteiger partial charge in [0.25, 0.3) is 0 Å². The largest absolute Gasteiger partial charge is 0.297 e. The summed E-state index contributed by atoms with van der Waals surface area (Å²) in [6.07, 6.45) is 0.817. The first-order chi connectivity index (χ1) is 11.1. The molecule has 0 unspecified atom stereocenters. The van der Waals surface area contributed by atoms with E-state index in [0.717, 1.165) is 39.1 Å². The van der Waals surface area contributed by atoms with Gasteiger partial charge in [0.2, 0.25) is 0 Å². The summed E-state index contributed by atoms with van der Waals surface area (Å²) < 4.78 is 24.7. The second-order valence-corrected chi connectivity index (χ2v) is 9.77. The van der Waals surface area contributed by atoms with E-state index in [1.165, 1.54) is 15.6 Å². The van der Waals surface area contributed by atoms with Gasteiger partial charge in [0.05, 0.1) is 11.5 Å². The molecule has 0 spiro atoms. The Hall–Kier alpha value is -0.950. The molecule has 0 bridgehead atoms. The van der Waals surface area contributed by atoms with Crippen LogP contribution in [0.3, 0.4) is 0 Å². The van der Waals surface area contributed by atoms with Crippen LogP contribution in [0.4, 0.5) is 0 Å². The number of hydrogen-bond donors (Lipinski definition) is 0. The zero-order valence-electron chi connectivity index (χ0n) is 13.1. The van der Waals surface area contributed by atoms with Crippen LogP contribution in [0.1, 0.15) is 12.0 Å². The van der Waals surface area contributed by atoms with E-state index in [9.17, 15) is 8.42 Å². The van der Waals surface area contributed by atoms with Gasteiger partial charge in [-0.25, -0.2) is 8.42 Å². The third-order valence-electron chi connectivity index (χ3n) is 5.09. The Morgan fingerprint density at radius 2 is 1.91 bits per heavy atom. The van der Waals surface area contributed by atoms with E-state index in [4.69, 9.17) is 0 Å². The van der Waals surface area contributed by atoms with Gasteiger partial charge >= 0.3 is 0 Å². The highest BCUT2D eigenvalue weighted by Crippen LogP contribution is 2.27. The molecule has 0 saturated carbocycles. The fraction of sp³-hybridized carbons (Fsp3) is 0.529. The number of benzene rings is 1. The Morgan fingerprint density at radius 1 is 1.13 bits per heavy atom. The minimum absolute atomic E-state index is 0.254. The first kappa shape index (κ1) is 15.6. The third-order valence-corrected chi connectivity index (χ3v) is 7.85. The molecule has 1 aromatic heterocycles. The molecular weight excluding hydrogens is 328 g/mol. The third kappa shape index (κ3) is 3.31. The van der Waals surface area contributed by atoms with Gasteiger partial charge in [-0.05, 0) is 28.8 Å². The Labute approximate surface area is 141 Å². The van der Waals surface area contributed by atoms with E-state index in [2.05, 4.69) is 39.4 Å². The topological polar surface area (TPSA) is 40.6 Å². The average molecular weight is 351 g/mol. The normalized spacial score (nSPS) is 26.0. The number of hydrogen-bond acceptors (Lipinski definition) is 5. The van der Waals surface area contributed by atoms with Crippen molar-refractivity contribution in [3.05, 3.63) is 35.2 Å². The van der Waals surface area contributed by atoms with E-state index < -0.39 is 9.84 Å². The molecule has 2 saturated heterocycles. The van der Waals surface area contributed by atoms with E-state index in [-0.39, 0.29) is 6.04 Å². The van der Waals surface area contributed by atoms with Gasteiger partial charge in [0.1, 0.15) is 0 Å². The highest BCUT2D eigenvalue weighted by Gasteiger charge is 2.33. The maximum atomic E-state index is 11.6. The summed E-state index contributed by atoms with van der Waals surface area (Å²) >= 11 is 1.82. The Morgan fingerprint density at radius 3 is 2.65 bits per heavy atom. The Balaban J connectivity index is 1.37. The van der Waals surface area contributed by atoms with Crippen molar-refractivity contribution in [3.8, 4) is 0 Å². The molecule has 4 rings (SSSR count). The Kier molecular flexibility index (Phi) is 4.17. The van der Waals surface area contributed by atoms with E-state index in [1.54, 1.807) is 0 Å². The molecular formula is C17H22N2O2S2. The lowest BCUT2D eigenvalue weighted by Crippen LogP contribution is -2.50. The molecule has 2 aliphatic rings. The first-order valence-corrected chi connectivity index (χ1v) is 10.9. The average Bonchev–Trinajstić information content (AvgIpc) is 3.12. The molecule has 1 atom stereocenters. The van der Waals surface area contributed by atoms with Crippen LogP contribution in [-0.2, 0) is 16.4 Å². The van der Waals surface area contributed by atoms with Crippen LogP contribution in [0.25, 0.3) is 10.1 Å². The van der Waals surface area contributed by atoms with Gasteiger partial charge in [-0.3, -0.25) is 9.80 Å². The standard InChI is InChI=1S/C17H22N2O2S2/c20-23(21)10-5-15(13-23)19-8-6-18(7-9-19)11-14-12-22-17-4-2-1-3-16(14)17/h1-4,12,15H,5-11,13H2/t15-/m1/s1. The van der Waals surface area contributed by atoms with Crippen LogP contribution in [0.5, 0.6) is 0 Å². The molecule has 6 heteroatoms. The molecule has 0 aliphatic carbocycles. The summed E-state index contributed by atoms with van der Waals surface area (Å²) in [5, 5.41) is 3.66. The fourth-order valence-corrected chi connectivity index (χ4v) is 6.46. The molecule has 2 fully saturated rings. The van der Waals surface area contributed by atoms with Crippen LogP contribution in [-0.4, -0.2) is 61.9 Å². The Bertz CT molecular complexity index is 792. The summed E-state index contributed by atoms with van der Waals surface area (Å²) in [5.41, 5.74) is 1.42. The van der Waals surface area contributed by atoms with Crippen molar-refractivity contribution in [2.45, 2.75) is 19.0 Å². The quantitative estimate of drug-likeness (QED) is 0.851. The monoisotopic (exact) mass is 350 g/mol. The van der Waals surface area contributed by atoms with Crippen LogP contribution in [0.2, 0.25) is 0 Å². The first-order valence-electron chi connectivity index (χ1n) is 8.23. The number of fused-ring (bicyclic) bond motifs is 1. The van der Waals surface area contributed by atoms with E-state index >= 15 is 0 Å². The van der Waals surface area contributed by atoms with E-state index in [1.807, 2.05) is 11.3 Å². The van der Waals surface area contributed by atoms with Crippen LogP contribution in [0.15, 0.2) is 29.6 Å². The predicted octanol–water partition coefficient (Wildman–Crippen LogP) is 2.21. The highest BCUT2D eigenvalue weighted by atomic mass is 32.2. The zero-order chi connectivity index (χ0) is 15.9. The summed E-state index contributed by atoms with van der Waals surface area (Å²) in [7, 11) is -2.78. The van der Waals surface area contributed by atoms with Crippen molar-refractivity contribution in [1.29, 1.82) is 0 Å². The van der Waals surface area contributed by atoms with Gasteiger partial charge in [-0.15, -0.1) is 11.3 Å². The summed E-state index contributed by atoms with van der Waals surface area (Å²) in [5.74, 6) is 0.737. The SMILES string of the molecule is O=S1(=O)CC[C@@H](N2CCN(Cc3csc4ccccc34)CC2)C1. The van der Waals surface area contributed by atoms with Crippen molar-refractivity contribution < 1.29 is 8.42 Å². The number of thiophene rings is 1. The molecule has 1 aromatic carbocycles. The molecule has 2 aromatic rings. The van der Waals surface area contributed by atoms with Gasteiger partial charge in [-0.2, -0.15) is 0 Å². The summed E-state index contributed by atoms with van der Waals surface area (Å²) in [6, 6.07) is 8.85. The molecule has 4 nitrogen and oxygen atoms in total. The van der Waals surface area contributed by atoms with Gasteiger partial charge in [0, 0.05) is 43.5 Å². The number of nitrogens with zero attached hydrogens (tertiary/aromatic N) is 2. The molecule has 124 valence electrons.